The van der Waals surface area contributed by atoms with Crippen LogP contribution in [0.3, 0.4) is 0 Å². The van der Waals surface area contributed by atoms with Crippen LogP contribution in [0, 0.1) is 6.92 Å². The van der Waals surface area contributed by atoms with Crippen LogP contribution in [0.25, 0.3) is 0 Å². The zero-order chi connectivity index (χ0) is 14.4. The van der Waals surface area contributed by atoms with Gasteiger partial charge in [0.2, 0.25) is 0 Å². The highest BCUT2D eigenvalue weighted by molar-refractivity contribution is 6.30. The van der Waals surface area contributed by atoms with Gasteiger partial charge in [-0.2, -0.15) is 0 Å². The van der Waals surface area contributed by atoms with Crippen molar-refractivity contribution in [2.75, 3.05) is 11.9 Å². The van der Waals surface area contributed by atoms with Crippen LogP contribution in [0.5, 0.6) is 0 Å². The number of esters is 1. The molecule has 0 saturated heterocycles. The Hall–Kier alpha value is -1.36. The molecule has 1 unspecified atom stereocenters. The van der Waals surface area contributed by atoms with Crippen LogP contribution in [-0.4, -0.2) is 28.6 Å². The largest absolute Gasteiger partial charge is 0.464 e. The number of carbonyl (C=O) groups is 1. The molecular formula is C13H20ClN3O2. The van der Waals surface area contributed by atoms with Crippen LogP contribution in [-0.2, 0) is 16.0 Å². The lowest BCUT2D eigenvalue weighted by molar-refractivity contribution is -0.143. The second kappa shape index (κ2) is 7.28. The van der Waals surface area contributed by atoms with Gasteiger partial charge in [-0.15, -0.1) is 0 Å². The second-order valence-electron chi connectivity index (χ2n) is 4.27. The highest BCUT2D eigenvalue weighted by Gasteiger charge is 2.17. The summed E-state index contributed by atoms with van der Waals surface area (Å²) >= 11 is 6.07. The molecule has 0 bridgehead atoms. The normalized spacial score (nSPS) is 12.1. The summed E-state index contributed by atoms with van der Waals surface area (Å²) in [5, 5.41) is 3.44. The summed E-state index contributed by atoms with van der Waals surface area (Å²) < 4.78 is 4.95. The van der Waals surface area contributed by atoms with Gasteiger partial charge in [-0.3, -0.25) is 0 Å². The zero-order valence-corrected chi connectivity index (χ0v) is 12.5. The maximum absolute atomic E-state index is 11.6. The first-order chi connectivity index (χ1) is 8.99. The number of nitrogens with zero attached hydrogens (tertiary/aromatic N) is 2. The molecule has 0 amide bonds. The molecule has 0 saturated carbocycles. The van der Waals surface area contributed by atoms with E-state index in [1.165, 1.54) is 0 Å². The molecule has 0 aromatic carbocycles. The number of nitrogens with one attached hydrogen (secondary N) is 1. The van der Waals surface area contributed by atoms with Gasteiger partial charge < -0.3 is 10.1 Å². The summed E-state index contributed by atoms with van der Waals surface area (Å²) in [6, 6.07) is -0.473. The summed E-state index contributed by atoms with van der Waals surface area (Å²) in [7, 11) is 0. The van der Waals surface area contributed by atoms with Crippen LogP contribution in [0.1, 0.15) is 38.6 Å². The van der Waals surface area contributed by atoms with Crippen LogP contribution in [0.15, 0.2) is 0 Å². The van der Waals surface area contributed by atoms with Gasteiger partial charge in [-0.1, -0.05) is 18.5 Å². The Labute approximate surface area is 118 Å². The van der Waals surface area contributed by atoms with E-state index >= 15 is 0 Å². The fraction of sp³-hybridized carbons (Fsp3) is 0.615. The third kappa shape index (κ3) is 4.35. The molecule has 0 radical (unpaired) electrons. The van der Waals surface area contributed by atoms with E-state index in [4.69, 9.17) is 16.3 Å². The van der Waals surface area contributed by atoms with Crippen LogP contribution in [0.4, 0.5) is 5.82 Å². The number of anilines is 1. The maximum Gasteiger partial charge on any atom is 0.328 e. The molecule has 1 atom stereocenters. The van der Waals surface area contributed by atoms with E-state index in [2.05, 4.69) is 15.3 Å². The summed E-state index contributed by atoms with van der Waals surface area (Å²) in [5.74, 6) is 0.953. The van der Waals surface area contributed by atoms with Gasteiger partial charge in [0.1, 0.15) is 22.8 Å². The minimum Gasteiger partial charge on any atom is -0.464 e. The first-order valence-corrected chi connectivity index (χ1v) is 6.83. The number of hydrogen-bond acceptors (Lipinski definition) is 5. The van der Waals surface area contributed by atoms with Gasteiger partial charge >= 0.3 is 5.97 Å². The molecule has 0 aliphatic heterocycles. The predicted molar refractivity (Wildman–Crippen MR) is 75.5 cm³/mol. The molecule has 0 aliphatic carbocycles. The van der Waals surface area contributed by atoms with E-state index in [-0.39, 0.29) is 5.97 Å². The van der Waals surface area contributed by atoms with Crippen LogP contribution < -0.4 is 5.32 Å². The summed E-state index contributed by atoms with van der Waals surface area (Å²) in [5.41, 5.74) is 0.734. The Morgan fingerprint density at radius 3 is 2.68 bits per heavy atom. The minimum absolute atomic E-state index is 0.311. The number of carbonyl (C=O) groups excluding carboxylic acids is 1. The van der Waals surface area contributed by atoms with Crippen molar-refractivity contribution in [2.45, 2.75) is 46.6 Å². The molecule has 0 spiro atoms. The number of rotatable bonds is 6. The van der Waals surface area contributed by atoms with Crippen molar-refractivity contribution in [3.8, 4) is 0 Å². The maximum atomic E-state index is 11.6. The van der Waals surface area contributed by atoms with E-state index in [0.29, 0.717) is 23.4 Å². The number of hydrogen-bond donors (Lipinski definition) is 1. The fourth-order valence-corrected chi connectivity index (χ4v) is 1.73. The van der Waals surface area contributed by atoms with Gasteiger partial charge in [-0.05, 0) is 27.2 Å². The smallest absolute Gasteiger partial charge is 0.328 e. The number of ether oxygens (including phenoxy) is 1. The molecule has 1 heterocycles. The Kier molecular flexibility index (Phi) is 6.02. The first kappa shape index (κ1) is 15.7. The fourth-order valence-electron chi connectivity index (χ4n) is 1.54. The molecule has 0 fully saturated rings. The third-order valence-corrected chi connectivity index (χ3v) is 2.97. The minimum atomic E-state index is -0.473. The van der Waals surface area contributed by atoms with Crippen molar-refractivity contribution in [1.29, 1.82) is 0 Å². The standard InChI is InChI=1S/C13H20ClN3O2/c1-5-7-10-16-11(14)8(3)12(17-10)15-9(4)13(18)19-6-2/h9H,5-7H2,1-4H3,(H,15,16,17). The molecule has 1 rings (SSSR count). The number of aryl methyl sites for hydroxylation is 1. The van der Waals surface area contributed by atoms with Crippen molar-refractivity contribution >= 4 is 23.4 Å². The average Bonchev–Trinajstić information content (AvgIpc) is 2.36. The number of aromatic nitrogens is 2. The molecule has 106 valence electrons. The van der Waals surface area contributed by atoms with Crippen molar-refractivity contribution < 1.29 is 9.53 Å². The second-order valence-corrected chi connectivity index (χ2v) is 4.63. The Morgan fingerprint density at radius 1 is 1.42 bits per heavy atom. The lowest BCUT2D eigenvalue weighted by atomic mass is 10.2. The molecule has 5 nitrogen and oxygen atoms in total. The third-order valence-electron chi connectivity index (χ3n) is 2.60. The van der Waals surface area contributed by atoms with Gasteiger partial charge in [-0.25, -0.2) is 14.8 Å². The molecule has 1 N–H and O–H groups in total. The van der Waals surface area contributed by atoms with E-state index in [1.54, 1.807) is 13.8 Å². The van der Waals surface area contributed by atoms with Crippen LogP contribution in [0.2, 0.25) is 5.15 Å². The summed E-state index contributed by atoms with van der Waals surface area (Å²) in [6.07, 6.45) is 1.69. The van der Waals surface area contributed by atoms with E-state index < -0.39 is 6.04 Å². The molecule has 6 heteroatoms. The predicted octanol–water partition coefficient (Wildman–Crippen LogP) is 2.75. The van der Waals surface area contributed by atoms with E-state index in [1.807, 2.05) is 13.8 Å². The Bertz CT molecular complexity index is 452. The average molecular weight is 286 g/mol. The first-order valence-electron chi connectivity index (χ1n) is 6.45. The monoisotopic (exact) mass is 285 g/mol. The van der Waals surface area contributed by atoms with Gasteiger partial charge in [0.05, 0.1) is 6.61 Å². The topological polar surface area (TPSA) is 64.1 Å². The van der Waals surface area contributed by atoms with E-state index in [0.717, 1.165) is 18.4 Å². The molecule has 0 aliphatic rings. The summed E-state index contributed by atoms with van der Waals surface area (Å²) in [4.78, 5) is 20.2. The highest BCUT2D eigenvalue weighted by atomic mass is 35.5. The zero-order valence-electron chi connectivity index (χ0n) is 11.8. The lowest BCUT2D eigenvalue weighted by Crippen LogP contribution is -2.29. The number of halogens is 1. The highest BCUT2D eigenvalue weighted by Crippen LogP contribution is 2.21. The van der Waals surface area contributed by atoms with Gasteiger partial charge in [0.25, 0.3) is 0 Å². The van der Waals surface area contributed by atoms with Crippen molar-refractivity contribution in [1.82, 2.24) is 9.97 Å². The lowest BCUT2D eigenvalue weighted by Gasteiger charge is -2.16. The van der Waals surface area contributed by atoms with Crippen LogP contribution >= 0.6 is 11.6 Å². The SMILES string of the molecule is CCCc1nc(Cl)c(C)c(NC(C)C(=O)OCC)n1. The van der Waals surface area contributed by atoms with Gasteiger partial charge in [0.15, 0.2) is 0 Å². The molecule has 19 heavy (non-hydrogen) atoms. The molecule has 1 aromatic heterocycles. The molecule has 1 aromatic rings. The van der Waals surface area contributed by atoms with Crippen molar-refractivity contribution in [3.05, 3.63) is 16.5 Å². The summed E-state index contributed by atoms with van der Waals surface area (Å²) in [6.45, 7) is 7.73. The van der Waals surface area contributed by atoms with Crippen molar-refractivity contribution in [2.24, 2.45) is 0 Å². The Morgan fingerprint density at radius 2 is 2.11 bits per heavy atom. The van der Waals surface area contributed by atoms with Crippen molar-refractivity contribution in [3.63, 3.8) is 0 Å². The van der Waals surface area contributed by atoms with E-state index in [9.17, 15) is 4.79 Å². The quantitative estimate of drug-likeness (QED) is 0.643. The Balaban J connectivity index is 2.90. The van der Waals surface area contributed by atoms with Gasteiger partial charge in [0, 0.05) is 12.0 Å². The molecular weight excluding hydrogens is 266 g/mol.